The van der Waals surface area contributed by atoms with Crippen molar-refractivity contribution in [2.24, 2.45) is 0 Å². The number of halogens is 2. The van der Waals surface area contributed by atoms with Gasteiger partial charge in [0.05, 0.1) is 13.3 Å². The van der Waals surface area contributed by atoms with Crippen molar-refractivity contribution >= 4 is 11.6 Å². The molecule has 0 heterocycles. The van der Waals surface area contributed by atoms with Gasteiger partial charge in [-0.15, -0.1) is 0 Å². The fourth-order valence-corrected chi connectivity index (χ4v) is 1.85. The third-order valence-electron chi connectivity index (χ3n) is 2.76. The molecule has 2 nitrogen and oxygen atoms in total. The maximum Gasteiger partial charge on any atom is 0.125 e. The van der Waals surface area contributed by atoms with Gasteiger partial charge in [0.1, 0.15) is 5.75 Å². The molecule has 0 spiro atoms. The van der Waals surface area contributed by atoms with Crippen molar-refractivity contribution in [3.63, 3.8) is 0 Å². The van der Waals surface area contributed by atoms with Gasteiger partial charge in [-0.1, -0.05) is 17.7 Å². The number of rotatable bonds is 7. The summed E-state index contributed by atoms with van der Waals surface area (Å²) < 4.78 is 17.6. The zero-order valence-corrected chi connectivity index (χ0v) is 10.5. The summed E-state index contributed by atoms with van der Waals surface area (Å²) >= 11 is 6.15. The molecule has 1 aliphatic carbocycles. The lowest BCUT2D eigenvalue weighted by Crippen LogP contribution is -2.16. The minimum atomic E-state index is -0.351. The van der Waals surface area contributed by atoms with Gasteiger partial charge in [0.2, 0.25) is 0 Å². The molecule has 1 N–H and O–H groups in total. The molecule has 0 atom stereocenters. The fourth-order valence-electron chi connectivity index (χ4n) is 1.62. The summed E-state index contributed by atoms with van der Waals surface area (Å²) in [5, 5.41) is 4.11. The van der Waals surface area contributed by atoms with Gasteiger partial charge in [-0.25, -0.2) is 0 Å². The first-order valence-electron chi connectivity index (χ1n) is 6.01. The summed E-state index contributed by atoms with van der Waals surface area (Å²) in [7, 11) is 0. The Bertz CT molecular complexity index is 368. The smallest absolute Gasteiger partial charge is 0.125 e. The average molecular weight is 258 g/mol. The van der Waals surface area contributed by atoms with Crippen molar-refractivity contribution < 1.29 is 9.13 Å². The van der Waals surface area contributed by atoms with Crippen LogP contribution < -0.4 is 10.1 Å². The highest BCUT2D eigenvalue weighted by molar-refractivity contribution is 6.31. The van der Waals surface area contributed by atoms with E-state index in [9.17, 15) is 4.39 Å². The minimum Gasteiger partial charge on any atom is -0.493 e. The van der Waals surface area contributed by atoms with Crippen LogP contribution >= 0.6 is 11.6 Å². The Kier molecular flexibility index (Phi) is 4.63. The number of hydrogen-bond donors (Lipinski definition) is 1. The first-order valence-corrected chi connectivity index (χ1v) is 6.38. The molecule has 0 aromatic heterocycles. The lowest BCUT2D eigenvalue weighted by atomic mass is 10.2. The van der Waals surface area contributed by atoms with E-state index in [4.69, 9.17) is 16.3 Å². The van der Waals surface area contributed by atoms with Crippen molar-refractivity contribution in [1.29, 1.82) is 0 Å². The van der Waals surface area contributed by atoms with E-state index in [0.717, 1.165) is 17.9 Å². The van der Waals surface area contributed by atoms with E-state index in [0.29, 0.717) is 24.1 Å². The Balaban J connectivity index is 1.98. The molecular formula is C13H17ClFNO. The summed E-state index contributed by atoms with van der Waals surface area (Å²) in [6.45, 7) is 0.763. The van der Waals surface area contributed by atoms with Crippen LogP contribution in [0, 0.1) is 0 Å². The lowest BCUT2D eigenvalue weighted by molar-refractivity contribution is 0.286. The fraction of sp³-hybridized carbons (Fsp3) is 0.538. The lowest BCUT2D eigenvalue weighted by Gasteiger charge is -2.13. The Morgan fingerprint density at radius 1 is 1.41 bits per heavy atom. The van der Waals surface area contributed by atoms with Crippen LogP contribution in [0.25, 0.3) is 0 Å². The quantitative estimate of drug-likeness (QED) is 0.757. The van der Waals surface area contributed by atoms with Crippen LogP contribution in [0.1, 0.15) is 24.8 Å². The molecule has 1 fully saturated rings. The van der Waals surface area contributed by atoms with E-state index in [2.05, 4.69) is 5.32 Å². The van der Waals surface area contributed by atoms with Gasteiger partial charge in [0.25, 0.3) is 0 Å². The van der Waals surface area contributed by atoms with Gasteiger partial charge in [-0.2, -0.15) is 0 Å². The highest BCUT2D eigenvalue weighted by Crippen LogP contribution is 2.28. The molecule has 94 valence electrons. The predicted octanol–water partition coefficient (Wildman–Crippen LogP) is 3.33. The number of hydrogen-bond acceptors (Lipinski definition) is 2. The van der Waals surface area contributed by atoms with E-state index >= 15 is 0 Å². The second-order valence-corrected chi connectivity index (χ2v) is 4.67. The average Bonchev–Trinajstić information content (AvgIpc) is 3.12. The molecular weight excluding hydrogens is 241 g/mol. The minimum absolute atomic E-state index is 0.351. The van der Waals surface area contributed by atoms with E-state index in [1.807, 2.05) is 18.2 Å². The monoisotopic (exact) mass is 257 g/mol. The van der Waals surface area contributed by atoms with E-state index in [1.54, 1.807) is 0 Å². The van der Waals surface area contributed by atoms with Crippen LogP contribution in [0.3, 0.4) is 0 Å². The van der Waals surface area contributed by atoms with Crippen molar-refractivity contribution in [3.05, 3.63) is 28.8 Å². The van der Waals surface area contributed by atoms with E-state index < -0.39 is 0 Å². The molecule has 17 heavy (non-hydrogen) atoms. The number of alkyl halides is 1. The van der Waals surface area contributed by atoms with Gasteiger partial charge in [-0.3, -0.25) is 4.39 Å². The van der Waals surface area contributed by atoms with E-state index in [1.165, 1.54) is 12.8 Å². The predicted molar refractivity (Wildman–Crippen MR) is 67.4 cm³/mol. The summed E-state index contributed by atoms with van der Waals surface area (Å²) in [4.78, 5) is 0. The topological polar surface area (TPSA) is 21.3 Å². The highest BCUT2D eigenvalue weighted by Gasteiger charge is 2.21. The SMILES string of the molecule is FCCCOc1cccc(Cl)c1CNC1CC1. The molecule has 1 saturated carbocycles. The summed E-state index contributed by atoms with van der Waals surface area (Å²) in [6.07, 6.45) is 2.90. The van der Waals surface area contributed by atoms with Crippen molar-refractivity contribution in [2.45, 2.75) is 31.8 Å². The molecule has 0 aliphatic heterocycles. The van der Waals surface area contributed by atoms with Crippen molar-refractivity contribution in [1.82, 2.24) is 5.32 Å². The Morgan fingerprint density at radius 3 is 2.94 bits per heavy atom. The molecule has 0 unspecified atom stereocenters. The number of ether oxygens (including phenoxy) is 1. The number of nitrogens with one attached hydrogen (secondary N) is 1. The second-order valence-electron chi connectivity index (χ2n) is 4.26. The van der Waals surface area contributed by atoms with Gasteiger partial charge < -0.3 is 10.1 Å². The zero-order valence-electron chi connectivity index (χ0n) is 9.72. The molecule has 1 aliphatic rings. The van der Waals surface area contributed by atoms with Gasteiger partial charge in [0.15, 0.2) is 0 Å². The Hall–Kier alpha value is -0.800. The van der Waals surface area contributed by atoms with Crippen molar-refractivity contribution in [2.75, 3.05) is 13.3 Å². The van der Waals surface area contributed by atoms with Crippen LogP contribution in [0.5, 0.6) is 5.75 Å². The molecule has 0 amide bonds. The molecule has 2 rings (SSSR count). The van der Waals surface area contributed by atoms with E-state index in [-0.39, 0.29) is 6.67 Å². The van der Waals surface area contributed by atoms with Crippen LogP contribution in [-0.4, -0.2) is 19.3 Å². The highest BCUT2D eigenvalue weighted by atomic mass is 35.5. The molecule has 4 heteroatoms. The zero-order chi connectivity index (χ0) is 12.1. The van der Waals surface area contributed by atoms with Crippen LogP contribution in [0.2, 0.25) is 5.02 Å². The maximum absolute atomic E-state index is 12.0. The molecule has 1 aromatic rings. The first-order chi connectivity index (χ1) is 8.31. The Labute approximate surface area is 106 Å². The molecule has 0 bridgehead atoms. The molecule has 0 saturated heterocycles. The maximum atomic E-state index is 12.0. The summed E-state index contributed by atoms with van der Waals surface area (Å²) in [6, 6.07) is 6.22. The van der Waals surface area contributed by atoms with Crippen LogP contribution in [-0.2, 0) is 6.54 Å². The summed E-state index contributed by atoms with van der Waals surface area (Å²) in [5.74, 6) is 0.763. The third-order valence-corrected chi connectivity index (χ3v) is 3.11. The van der Waals surface area contributed by atoms with Gasteiger partial charge in [0, 0.05) is 29.6 Å². The van der Waals surface area contributed by atoms with Crippen molar-refractivity contribution in [3.8, 4) is 5.75 Å². The summed E-state index contributed by atoms with van der Waals surface area (Å²) in [5.41, 5.74) is 0.972. The number of benzene rings is 1. The van der Waals surface area contributed by atoms with Crippen LogP contribution in [0.4, 0.5) is 4.39 Å². The Morgan fingerprint density at radius 2 is 2.24 bits per heavy atom. The third kappa shape index (κ3) is 3.86. The molecule has 1 aromatic carbocycles. The standard InChI is InChI=1S/C13H17ClFNO/c14-12-3-1-4-13(17-8-2-7-15)11(12)9-16-10-5-6-10/h1,3-4,10,16H,2,5-9H2. The second kappa shape index (κ2) is 6.22. The molecule has 0 radical (unpaired) electrons. The first kappa shape index (κ1) is 12.7. The normalized spacial score (nSPS) is 14.9. The van der Waals surface area contributed by atoms with Gasteiger partial charge >= 0.3 is 0 Å². The van der Waals surface area contributed by atoms with Crippen LogP contribution in [0.15, 0.2) is 18.2 Å². The van der Waals surface area contributed by atoms with Gasteiger partial charge in [-0.05, 0) is 25.0 Å². The largest absolute Gasteiger partial charge is 0.493 e.